The Hall–Kier alpha value is -1.01. The number of nitriles is 1. The zero-order valence-corrected chi connectivity index (χ0v) is 11.9. The molecule has 17 heavy (non-hydrogen) atoms. The van der Waals surface area contributed by atoms with Gasteiger partial charge in [0.25, 0.3) is 0 Å². The lowest BCUT2D eigenvalue weighted by Gasteiger charge is -2.42. The standard InChI is InChI=1S/C14H17BrN2/c1-14(2)10-17(7-6-11(14)9-16)13-5-3-4-12(15)8-13/h3-5,8,11H,6-7,10H2,1-2H3. The van der Waals surface area contributed by atoms with Crippen LogP contribution in [0.3, 0.4) is 0 Å². The van der Waals surface area contributed by atoms with Crippen molar-refractivity contribution in [2.45, 2.75) is 20.3 Å². The topological polar surface area (TPSA) is 27.0 Å². The van der Waals surface area contributed by atoms with Gasteiger partial charge in [0.1, 0.15) is 0 Å². The van der Waals surface area contributed by atoms with E-state index in [1.807, 2.05) is 6.07 Å². The lowest BCUT2D eigenvalue weighted by atomic mass is 9.74. The predicted molar refractivity (Wildman–Crippen MR) is 73.9 cm³/mol. The average molecular weight is 293 g/mol. The molecule has 1 saturated heterocycles. The zero-order chi connectivity index (χ0) is 12.5. The van der Waals surface area contributed by atoms with Gasteiger partial charge < -0.3 is 4.90 Å². The van der Waals surface area contributed by atoms with E-state index in [1.165, 1.54) is 5.69 Å². The van der Waals surface area contributed by atoms with Crippen molar-refractivity contribution in [3.05, 3.63) is 28.7 Å². The quantitative estimate of drug-likeness (QED) is 0.787. The molecular weight excluding hydrogens is 276 g/mol. The molecule has 1 unspecified atom stereocenters. The van der Waals surface area contributed by atoms with Crippen LogP contribution in [0.15, 0.2) is 28.7 Å². The van der Waals surface area contributed by atoms with Gasteiger partial charge in [-0.1, -0.05) is 35.8 Å². The molecule has 1 atom stereocenters. The van der Waals surface area contributed by atoms with Crippen LogP contribution in [0.2, 0.25) is 0 Å². The fourth-order valence-electron chi connectivity index (χ4n) is 2.49. The molecular formula is C14H17BrN2. The van der Waals surface area contributed by atoms with Crippen molar-refractivity contribution in [3.8, 4) is 6.07 Å². The summed E-state index contributed by atoms with van der Waals surface area (Å²) in [6.45, 7) is 6.29. The van der Waals surface area contributed by atoms with E-state index in [0.29, 0.717) is 0 Å². The molecule has 0 saturated carbocycles. The predicted octanol–water partition coefficient (Wildman–Crippen LogP) is 3.83. The molecule has 2 nitrogen and oxygen atoms in total. The highest BCUT2D eigenvalue weighted by Gasteiger charge is 2.35. The molecule has 0 radical (unpaired) electrons. The van der Waals surface area contributed by atoms with Crippen LogP contribution < -0.4 is 4.90 Å². The van der Waals surface area contributed by atoms with Crippen molar-refractivity contribution in [3.63, 3.8) is 0 Å². The number of piperidine rings is 1. The van der Waals surface area contributed by atoms with Crippen molar-refractivity contribution < 1.29 is 0 Å². The van der Waals surface area contributed by atoms with E-state index < -0.39 is 0 Å². The number of nitrogens with zero attached hydrogens (tertiary/aromatic N) is 2. The lowest BCUT2D eigenvalue weighted by molar-refractivity contribution is 0.226. The molecule has 3 heteroatoms. The Kier molecular flexibility index (Phi) is 3.44. The van der Waals surface area contributed by atoms with Crippen LogP contribution in [0.25, 0.3) is 0 Å². The van der Waals surface area contributed by atoms with E-state index in [1.54, 1.807) is 0 Å². The summed E-state index contributed by atoms with van der Waals surface area (Å²) in [5.74, 6) is 0.172. The van der Waals surface area contributed by atoms with E-state index in [4.69, 9.17) is 5.26 Å². The van der Waals surface area contributed by atoms with E-state index in [0.717, 1.165) is 24.0 Å². The van der Waals surface area contributed by atoms with Crippen LogP contribution in [-0.4, -0.2) is 13.1 Å². The molecule has 0 aliphatic carbocycles. The van der Waals surface area contributed by atoms with E-state index in [9.17, 15) is 0 Å². The SMILES string of the molecule is CC1(C)CN(c2cccc(Br)c2)CCC1C#N. The van der Waals surface area contributed by atoms with Crippen molar-refractivity contribution in [2.75, 3.05) is 18.0 Å². The van der Waals surface area contributed by atoms with Gasteiger partial charge in [0.05, 0.1) is 12.0 Å². The maximum atomic E-state index is 9.15. The molecule has 0 amide bonds. The maximum absolute atomic E-state index is 9.15. The van der Waals surface area contributed by atoms with Crippen molar-refractivity contribution in [2.24, 2.45) is 11.3 Å². The van der Waals surface area contributed by atoms with E-state index >= 15 is 0 Å². The van der Waals surface area contributed by atoms with E-state index in [2.05, 4.69) is 58.9 Å². The number of hydrogen-bond donors (Lipinski definition) is 0. The van der Waals surface area contributed by atoms with Crippen LogP contribution in [0.4, 0.5) is 5.69 Å². The highest BCUT2D eigenvalue weighted by Crippen LogP contribution is 2.36. The van der Waals surface area contributed by atoms with Crippen molar-refractivity contribution in [1.82, 2.24) is 0 Å². The summed E-state index contributed by atoms with van der Waals surface area (Å²) in [6.07, 6.45) is 0.954. The Balaban J connectivity index is 2.19. The number of hydrogen-bond acceptors (Lipinski definition) is 2. The molecule has 1 aromatic rings. The second kappa shape index (κ2) is 4.70. The first-order chi connectivity index (χ1) is 8.03. The van der Waals surface area contributed by atoms with Crippen LogP contribution >= 0.6 is 15.9 Å². The van der Waals surface area contributed by atoms with Crippen LogP contribution in [-0.2, 0) is 0 Å². The van der Waals surface area contributed by atoms with Crippen molar-refractivity contribution >= 4 is 21.6 Å². The van der Waals surface area contributed by atoms with Crippen molar-refractivity contribution in [1.29, 1.82) is 5.26 Å². The van der Waals surface area contributed by atoms with Crippen LogP contribution in [0.1, 0.15) is 20.3 Å². The summed E-state index contributed by atoms with van der Waals surface area (Å²) in [5, 5.41) is 9.15. The summed E-state index contributed by atoms with van der Waals surface area (Å²) < 4.78 is 1.11. The smallest absolute Gasteiger partial charge is 0.0662 e. The second-order valence-electron chi connectivity index (χ2n) is 5.36. The normalized spacial score (nSPS) is 23.2. The third-order valence-electron chi connectivity index (χ3n) is 3.56. The molecule has 0 spiro atoms. The molecule has 1 aromatic carbocycles. The van der Waals surface area contributed by atoms with Crippen LogP contribution in [0.5, 0.6) is 0 Å². The fourth-order valence-corrected chi connectivity index (χ4v) is 2.88. The monoisotopic (exact) mass is 292 g/mol. The number of benzene rings is 1. The van der Waals surface area contributed by atoms with Gasteiger partial charge >= 0.3 is 0 Å². The van der Waals surface area contributed by atoms with Gasteiger partial charge in [0.15, 0.2) is 0 Å². The Morgan fingerprint density at radius 2 is 2.24 bits per heavy atom. The molecule has 90 valence electrons. The van der Waals surface area contributed by atoms with Gasteiger partial charge in [-0.25, -0.2) is 0 Å². The van der Waals surface area contributed by atoms with Gasteiger partial charge in [-0.3, -0.25) is 0 Å². The highest BCUT2D eigenvalue weighted by atomic mass is 79.9. The Morgan fingerprint density at radius 3 is 2.82 bits per heavy atom. The summed E-state index contributed by atoms with van der Waals surface area (Å²) in [5.41, 5.74) is 1.30. The first-order valence-corrected chi connectivity index (χ1v) is 6.72. The molecule has 1 fully saturated rings. The summed E-state index contributed by atoms with van der Waals surface area (Å²) >= 11 is 3.50. The summed E-state index contributed by atoms with van der Waals surface area (Å²) in [6, 6.07) is 10.8. The van der Waals surface area contributed by atoms with E-state index in [-0.39, 0.29) is 11.3 Å². The third kappa shape index (κ3) is 2.63. The summed E-state index contributed by atoms with van der Waals surface area (Å²) in [4.78, 5) is 2.37. The fraction of sp³-hybridized carbons (Fsp3) is 0.500. The van der Waals surface area contributed by atoms with Gasteiger partial charge in [-0.15, -0.1) is 0 Å². The molecule has 0 N–H and O–H groups in total. The Labute approximate surface area is 111 Å². The second-order valence-corrected chi connectivity index (χ2v) is 6.28. The van der Waals surface area contributed by atoms with Gasteiger partial charge in [0.2, 0.25) is 0 Å². The van der Waals surface area contributed by atoms with Gasteiger partial charge in [0, 0.05) is 23.2 Å². The van der Waals surface area contributed by atoms with Gasteiger partial charge in [-0.05, 0) is 30.0 Å². The number of halogens is 1. The maximum Gasteiger partial charge on any atom is 0.0662 e. The largest absolute Gasteiger partial charge is 0.371 e. The average Bonchev–Trinajstić information content (AvgIpc) is 2.27. The minimum atomic E-state index is 0.0648. The molecule has 2 rings (SSSR count). The number of anilines is 1. The summed E-state index contributed by atoms with van der Waals surface area (Å²) in [7, 11) is 0. The molecule has 1 aliphatic heterocycles. The first-order valence-electron chi connectivity index (χ1n) is 5.93. The minimum absolute atomic E-state index is 0.0648. The van der Waals surface area contributed by atoms with Gasteiger partial charge in [-0.2, -0.15) is 5.26 Å². The highest BCUT2D eigenvalue weighted by molar-refractivity contribution is 9.10. The zero-order valence-electron chi connectivity index (χ0n) is 10.3. The Bertz CT molecular complexity index is 448. The molecule has 0 aromatic heterocycles. The molecule has 1 aliphatic rings. The Morgan fingerprint density at radius 1 is 1.47 bits per heavy atom. The first kappa shape index (κ1) is 12.4. The third-order valence-corrected chi connectivity index (χ3v) is 4.05. The minimum Gasteiger partial charge on any atom is -0.371 e. The molecule has 0 bridgehead atoms. The lowest BCUT2D eigenvalue weighted by Crippen LogP contribution is -2.45. The number of rotatable bonds is 1. The molecule has 1 heterocycles. The van der Waals surface area contributed by atoms with Crippen LogP contribution in [0, 0.1) is 22.7 Å².